The van der Waals surface area contributed by atoms with E-state index in [1.165, 1.54) is 4.90 Å². The molecule has 1 heterocycles. The van der Waals surface area contributed by atoms with Gasteiger partial charge in [0, 0.05) is 24.6 Å². The van der Waals surface area contributed by atoms with Gasteiger partial charge < -0.3 is 14.7 Å². The molecule has 1 aliphatic heterocycles. The highest BCUT2D eigenvalue weighted by Crippen LogP contribution is 2.44. The molecule has 1 aromatic rings. The van der Waals surface area contributed by atoms with Crippen molar-refractivity contribution in [3.05, 3.63) is 40.6 Å². The third-order valence-corrected chi connectivity index (χ3v) is 5.76. The summed E-state index contributed by atoms with van der Waals surface area (Å²) in [5.41, 5.74) is 1.56. The molecule has 0 saturated carbocycles. The van der Waals surface area contributed by atoms with Crippen molar-refractivity contribution in [2.75, 3.05) is 13.2 Å². The average Bonchev–Trinajstić information content (AvgIpc) is 2.61. The fraction of sp³-hybridized carbons (Fsp3) is 0.565. The van der Waals surface area contributed by atoms with Crippen molar-refractivity contribution in [2.45, 2.75) is 59.3 Å². The predicted octanol–water partition coefficient (Wildman–Crippen LogP) is 5.27. The summed E-state index contributed by atoms with van der Waals surface area (Å²) < 4.78 is 5.81. The van der Waals surface area contributed by atoms with Crippen LogP contribution in [0.1, 0.15) is 59.4 Å². The molecule has 1 amide bonds. The lowest BCUT2D eigenvalue weighted by Crippen LogP contribution is -2.42. The molecule has 0 spiro atoms. The Bertz CT molecular complexity index is 787. The zero-order valence-electron chi connectivity index (χ0n) is 18.0. The average molecular weight is 422 g/mol. The molecule has 160 valence electrons. The maximum atomic E-state index is 12.8. The summed E-state index contributed by atoms with van der Waals surface area (Å²) in [6, 6.07) is 5.75. The first-order valence-corrected chi connectivity index (χ1v) is 10.6. The normalized spacial score (nSPS) is 19.7. The Hall–Kier alpha value is -2.01. The number of rotatable bonds is 9. The van der Waals surface area contributed by atoms with Crippen LogP contribution in [0.2, 0.25) is 5.02 Å². The van der Waals surface area contributed by atoms with Crippen molar-refractivity contribution < 1.29 is 19.4 Å². The second kappa shape index (κ2) is 9.66. The summed E-state index contributed by atoms with van der Waals surface area (Å²) in [5, 5.41) is 9.49. The minimum Gasteiger partial charge on any atom is -0.492 e. The summed E-state index contributed by atoms with van der Waals surface area (Å²) in [5.74, 6) is 0.418. The minimum absolute atomic E-state index is 0.0709. The van der Waals surface area contributed by atoms with Gasteiger partial charge in [-0.3, -0.25) is 9.59 Å². The molecule has 0 bridgehead atoms. The van der Waals surface area contributed by atoms with E-state index < -0.39 is 11.4 Å². The Labute approximate surface area is 178 Å². The van der Waals surface area contributed by atoms with Crippen LogP contribution in [0.5, 0.6) is 5.75 Å². The van der Waals surface area contributed by atoms with Crippen LogP contribution in [0.25, 0.3) is 0 Å². The highest BCUT2D eigenvalue weighted by molar-refractivity contribution is 6.32. The Morgan fingerprint density at radius 1 is 1.31 bits per heavy atom. The lowest BCUT2D eigenvalue weighted by atomic mass is 9.68. The predicted molar refractivity (Wildman–Crippen MR) is 115 cm³/mol. The number of amides is 1. The van der Waals surface area contributed by atoms with Crippen molar-refractivity contribution in [3.63, 3.8) is 0 Å². The second-order valence-corrected chi connectivity index (χ2v) is 9.06. The van der Waals surface area contributed by atoms with E-state index in [0.29, 0.717) is 23.3 Å². The van der Waals surface area contributed by atoms with E-state index in [2.05, 4.69) is 34.6 Å². The second-order valence-electron chi connectivity index (χ2n) is 8.66. The molecule has 5 nitrogen and oxygen atoms in total. The molecule has 0 aromatic heterocycles. The number of allylic oxidation sites excluding steroid dienone is 1. The number of carboxylic acid groups (broad SMARTS) is 1. The molecule has 0 unspecified atom stereocenters. The standard InChI is InChI=1S/C23H32ClNO4/c1-15(2)9-11-29-20-7-6-17(12-19(20)24)23(5)13-21(26)25(10-8-22(27)28)14-18(23)16(3)4/h6-7,12,14-16H,8-11,13H2,1-5H3,(H,27,28)/t23-/m1/s1. The van der Waals surface area contributed by atoms with Gasteiger partial charge in [-0.1, -0.05) is 52.3 Å². The van der Waals surface area contributed by atoms with Crippen LogP contribution >= 0.6 is 11.6 Å². The Morgan fingerprint density at radius 2 is 2.00 bits per heavy atom. The summed E-state index contributed by atoms with van der Waals surface area (Å²) in [6.45, 7) is 11.3. The van der Waals surface area contributed by atoms with E-state index in [0.717, 1.165) is 17.6 Å². The zero-order valence-corrected chi connectivity index (χ0v) is 18.8. The molecule has 29 heavy (non-hydrogen) atoms. The molecular weight excluding hydrogens is 390 g/mol. The van der Waals surface area contributed by atoms with Crippen LogP contribution in [0.15, 0.2) is 30.0 Å². The van der Waals surface area contributed by atoms with Crippen LogP contribution < -0.4 is 4.74 Å². The van der Waals surface area contributed by atoms with Gasteiger partial charge in [-0.05, 0) is 41.5 Å². The van der Waals surface area contributed by atoms with E-state index in [-0.39, 0.29) is 31.2 Å². The number of ether oxygens (including phenoxy) is 1. The van der Waals surface area contributed by atoms with Gasteiger partial charge in [0.15, 0.2) is 0 Å². The lowest BCUT2D eigenvalue weighted by Gasteiger charge is -2.41. The first kappa shape index (κ1) is 23.3. The number of aliphatic carboxylic acids is 1. The first-order valence-electron chi connectivity index (χ1n) is 10.2. The number of halogens is 1. The van der Waals surface area contributed by atoms with Crippen molar-refractivity contribution in [3.8, 4) is 5.75 Å². The molecule has 1 N–H and O–H groups in total. The first-order chi connectivity index (χ1) is 13.5. The van der Waals surface area contributed by atoms with Crippen LogP contribution in [0.4, 0.5) is 0 Å². The molecule has 0 fully saturated rings. The Balaban J connectivity index is 2.31. The SMILES string of the molecule is CC(C)CCOc1ccc([C@@]2(C)CC(=O)N(CCC(=O)O)C=C2C(C)C)cc1Cl. The highest BCUT2D eigenvalue weighted by atomic mass is 35.5. The molecular formula is C23H32ClNO4. The number of hydrogen-bond donors (Lipinski definition) is 1. The maximum Gasteiger partial charge on any atom is 0.305 e. The Kier molecular flexibility index (Phi) is 7.75. The van der Waals surface area contributed by atoms with E-state index in [1.54, 1.807) is 0 Å². The summed E-state index contributed by atoms with van der Waals surface area (Å²) in [6.07, 6.45) is 3.00. The number of carbonyl (C=O) groups excluding carboxylic acids is 1. The number of nitrogens with zero attached hydrogens (tertiary/aromatic N) is 1. The number of carbonyl (C=O) groups is 2. The topological polar surface area (TPSA) is 66.8 Å². The van der Waals surface area contributed by atoms with Gasteiger partial charge >= 0.3 is 5.97 Å². The van der Waals surface area contributed by atoms with Gasteiger partial charge in [0.2, 0.25) is 5.91 Å². The molecule has 6 heteroatoms. The van der Waals surface area contributed by atoms with Crippen molar-refractivity contribution in [1.29, 1.82) is 0 Å². The van der Waals surface area contributed by atoms with Gasteiger partial charge in [-0.15, -0.1) is 0 Å². The fourth-order valence-electron chi connectivity index (χ4n) is 3.71. The molecule has 1 aliphatic rings. The smallest absolute Gasteiger partial charge is 0.305 e. The van der Waals surface area contributed by atoms with E-state index in [1.807, 2.05) is 24.4 Å². The largest absolute Gasteiger partial charge is 0.492 e. The van der Waals surface area contributed by atoms with Gasteiger partial charge in [0.25, 0.3) is 0 Å². The van der Waals surface area contributed by atoms with Crippen molar-refractivity contribution in [2.24, 2.45) is 11.8 Å². The van der Waals surface area contributed by atoms with Gasteiger partial charge in [-0.25, -0.2) is 0 Å². The van der Waals surface area contributed by atoms with E-state index >= 15 is 0 Å². The monoisotopic (exact) mass is 421 g/mol. The molecule has 1 atom stereocenters. The van der Waals surface area contributed by atoms with Crippen LogP contribution in [0.3, 0.4) is 0 Å². The third kappa shape index (κ3) is 5.75. The highest BCUT2D eigenvalue weighted by Gasteiger charge is 2.40. The van der Waals surface area contributed by atoms with Crippen LogP contribution in [-0.2, 0) is 15.0 Å². The minimum atomic E-state index is -0.912. The van der Waals surface area contributed by atoms with Crippen LogP contribution in [-0.4, -0.2) is 35.0 Å². The molecule has 0 aliphatic carbocycles. The fourth-order valence-corrected chi connectivity index (χ4v) is 3.95. The van der Waals surface area contributed by atoms with E-state index in [4.69, 9.17) is 21.4 Å². The van der Waals surface area contributed by atoms with E-state index in [9.17, 15) is 9.59 Å². The number of hydrogen-bond acceptors (Lipinski definition) is 3. The molecule has 2 rings (SSSR count). The quantitative estimate of drug-likeness (QED) is 0.589. The van der Waals surface area contributed by atoms with Gasteiger partial charge in [0.05, 0.1) is 18.1 Å². The number of benzene rings is 1. The summed E-state index contributed by atoms with van der Waals surface area (Å²) in [7, 11) is 0. The molecule has 1 aromatic carbocycles. The zero-order chi connectivity index (χ0) is 21.8. The van der Waals surface area contributed by atoms with Crippen molar-refractivity contribution in [1.82, 2.24) is 4.90 Å². The Morgan fingerprint density at radius 3 is 2.55 bits per heavy atom. The maximum absolute atomic E-state index is 12.8. The lowest BCUT2D eigenvalue weighted by molar-refractivity contribution is -0.138. The van der Waals surface area contributed by atoms with Gasteiger partial charge in [0.1, 0.15) is 5.75 Å². The number of carboxylic acids is 1. The molecule has 0 radical (unpaired) electrons. The molecule has 0 saturated heterocycles. The van der Waals surface area contributed by atoms with Crippen LogP contribution in [0, 0.1) is 11.8 Å². The third-order valence-electron chi connectivity index (χ3n) is 5.47. The van der Waals surface area contributed by atoms with Gasteiger partial charge in [-0.2, -0.15) is 0 Å². The summed E-state index contributed by atoms with van der Waals surface area (Å²) >= 11 is 6.50. The summed E-state index contributed by atoms with van der Waals surface area (Å²) in [4.78, 5) is 25.2. The van der Waals surface area contributed by atoms with Crippen molar-refractivity contribution >= 4 is 23.5 Å².